The molecule has 0 atom stereocenters. The average Bonchev–Trinajstić information content (AvgIpc) is 2.88. The van der Waals surface area contributed by atoms with E-state index in [0.29, 0.717) is 54.3 Å². The zero-order chi connectivity index (χ0) is 18.8. The summed E-state index contributed by atoms with van der Waals surface area (Å²) in [5, 5.41) is 0. The average molecular weight is 369 g/mol. The van der Waals surface area contributed by atoms with E-state index in [1.807, 2.05) is 4.90 Å². The number of aromatic nitrogens is 4. The first-order valence-corrected chi connectivity index (χ1v) is 8.65. The van der Waals surface area contributed by atoms with Crippen molar-refractivity contribution in [2.24, 2.45) is 0 Å². The molecular formula is C19H17F2N5O. The zero-order valence-electron chi connectivity index (χ0n) is 14.5. The largest absolute Gasteiger partial charge is 0.305 e. The van der Waals surface area contributed by atoms with Gasteiger partial charge >= 0.3 is 0 Å². The molecule has 0 bridgehead atoms. The third-order valence-corrected chi connectivity index (χ3v) is 4.65. The molecule has 1 aliphatic rings. The second kappa shape index (κ2) is 7.32. The van der Waals surface area contributed by atoms with Gasteiger partial charge in [0.2, 0.25) is 0 Å². The van der Waals surface area contributed by atoms with Crippen molar-refractivity contribution in [1.82, 2.24) is 24.8 Å². The molecule has 138 valence electrons. The zero-order valence-corrected chi connectivity index (χ0v) is 14.5. The van der Waals surface area contributed by atoms with Crippen LogP contribution >= 0.6 is 0 Å². The van der Waals surface area contributed by atoms with Crippen LogP contribution in [-0.2, 0) is 19.4 Å². The third kappa shape index (κ3) is 3.75. The number of fused-ring (bicyclic) bond motifs is 1. The Morgan fingerprint density at radius 1 is 1.15 bits per heavy atom. The molecule has 0 radical (unpaired) electrons. The molecule has 0 saturated carbocycles. The van der Waals surface area contributed by atoms with Gasteiger partial charge in [-0.25, -0.2) is 18.7 Å². The van der Waals surface area contributed by atoms with E-state index in [9.17, 15) is 13.6 Å². The van der Waals surface area contributed by atoms with Crippen molar-refractivity contribution < 1.29 is 8.78 Å². The molecule has 1 N–H and O–H groups in total. The van der Waals surface area contributed by atoms with Crippen LogP contribution in [0.15, 0.2) is 41.6 Å². The van der Waals surface area contributed by atoms with Gasteiger partial charge in [0.1, 0.15) is 17.3 Å². The number of benzene rings is 1. The van der Waals surface area contributed by atoms with Crippen LogP contribution in [0.1, 0.15) is 16.8 Å². The van der Waals surface area contributed by atoms with Gasteiger partial charge in [-0.3, -0.25) is 14.7 Å². The van der Waals surface area contributed by atoms with Crippen molar-refractivity contribution in [1.29, 1.82) is 0 Å². The summed E-state index contributed by atoms with van der Waals surface area (Å²) >= 11 is 0. The number of halogens is 2. The van der Waals surface area contributed by atoms with E-state index >= 15 is 0 Å². The fraction of sp³-hybridized carbons (Fsp3) is 0.263. The molecule has 2 aromatic heterocycles. The molecule has 3 aromatic rings. The van der Waals surface area contributed by atoms with Gasteiger partial charge in [0, 0.05) is 49.6 Å². The van der Waals surface area contributed by atoms with Gasteiger partial charge in [-0.2, -0.15) is 0 Å². The van der Waals surface area contributed by atoms with Crippen LogP contribution in [0.25, 0.3) is 11.5 Å². The minimum Gasteiger partial charge on any atom is -0.305 e. The Bertz CT molecular complexity index is 1020. The lowest BCUT2D eigenvalue weighted by atomic mass is 10.1. The Labute approximate surface area is 153 Å². The summed E-state index contributed by atoms with van der Waals surface area (Å²) in [5.74, 6) is -0.508. The van der Waals surface area contributed by atoms with E-state index < -0.39 is 11.6 Å². The molecular weight excluding hydrogens is 352 g/mol. The maximum absolute atomic E-state index is 13.9. The number of nitrogens with one attached hydrogen (secondary N) is 1. The Hall–Kier alpha value is -3.00. The molecule has 1 aromatic carbocycles. The number of rotatable bonds is 3. The summed E-state index contributed by atoms with van der Waals surface area (Å²) < 4.78 is 27.3. The van der Waals surface area contributed by atoms with Gasteiger partial charge in [0.05, 0.1) is 11.9 Å². The number of hydrogen-bond donors (Lipinski definition) is 1. The van der Waals surface area contributed by atoms with Crippen molar-refractivity contribution in [3.8, 4) is 11.5 Å². The summed E-state index contributed by atoms with van der Waals surface area (Å²) in [6, 6.07) is 3.45. The maximum atomic E-state index is 13.9. The van der Waals surface area contributed by atoms with E-state index in [1.165, 1.54) is 12.3 Å². The Balaban J connectivity index is 1.57. The summed E-state index contributed by atoms with van der Waals surface area (Å²) in [6.45, 7) is 1.45. The second-order valence-corrected chi connectivity index (χ2v) is 6.44. The molecule has 0 saturated heterocycles. The molecule has 0 fully saturated rings. The molecule has 0 amide bonds. The summed E-state index contributed by atoms with van der Waals surface area (Å²) in [7, 11) is 0. The smallest absolute Gasteiger partial charge is 0.254 e. The van der Waals surface area contributed by atoms with Gasteiger partial charge < -0.3 is 4.98 Å². The monoisotopic (exact) mass is 369 g/mol. The highest BCUT2D eigenvalue weighted by Crippen LogP contribution is 2.18. The normalized spacial score (nSPS) is 14.6. The first kappa shape index (κ1) is 17.4. The fourth-order valence-corrected chi connectivity index (χ4v) is 3.26. The molecule has 0 unspecified atom stereocenters. The quantitative estimate of drug-likeness (QED) is 0.765. The number of nitrogens with zero attached hydrogens (tertiary/aromatic N) is 4. The SMILES string of the molecule is O=c1[nH]c(-c2cnccn2)nc2c1CCN(Cc1cc(F)ccc1F)CC2. The molecule has 3 heterocycles. The highest BCUT2D eigenvalue weighted by molar-refractivity contribution is 5.47. The van der Waals surface area contributed by atoms with Crippen LogP contribution in [-0.4, -0.2) is 37.9 Å². The first-order chi connectivity index (χ1) is 13.1. The van der Waals surface area contributed by atoms with Gasteiger partial charge in [0.25, 0.3) is 5.56 Å². The van der Waals surface area contributed by atoms with E-state index in [4.69, 9.17) is 0 Å². The lowest BCUT2D eigenvalue weighted by molar-refractivity contribution is 0.274. The van der Waals surface area contributed by atoms with Crippen LogP contribution in [0.5, 0.6) is 0 Å². The van der Waals surface area contributed by atoms with Gasteiger partial charge in [0.15, 0.2) is 5.82 Å². The van der Waals surface area contributed by atoms with Crippen LogP contribution in [0.4, 0.5) is 8.78 Å². The highest BCUT2D eigenvalue weighted by Gasteiger charge is 2.20. The molecule has 27 heavy (non-hydrogen) atoms. The molecule has 1 aliphatic heterocycles. The fourth-order valence-electron chi connectivity index (χ4n) is 3.26. The van der Waals surface area contributed by atoms with Crippen molar-refractivity contribution in [2.45, 2.75) is 19.4 Å². The van der Waals surface area contributed by atoms with E-state index in [-0.39, 0.29) is 12.1 Å². The lowest BCUT2D eigenvalue weighted by Gasteiger charge is -2.19. The molecule has 0 spiro atoms. The van der Waals surface area contributed by atoms with Gasteiger partial charge in [-0.05, 0) is 24.6 Å². The molecule has 8 heteroatoms. The maximum Gasteiger partial charge on any atom is 0.254 e. The summed E-state index contributed by atoms with van der Waals surface area (Å²) in [6.07, 6.45) is 5.67. The minimum absolute atomic E-state index is 0.195. The Kier molecular flexibility index (Phi) is 4.72. The molecule has 4 rings (SSSR count). The van der Waals surface area contributed by atoms with Crippen LogP contribution in [0.2, 0.25) is 0 Å². The summed E-state index contributed by atoms with van der Waals surface area (Å²) in [5.41, 5.74) is 1.95. The standard InChI is InChI=1S/C19H17F2N5O/c20-13-1-2-15(21)12(9-13)11-26-7-3-14-16(4-8-26)24-18(25-19(14)27)17-10-22-5-6-23-17/h1-2,5-6,9-10H,3-4,7-8,11H2,(H,24,25,27). The van der Waals surface area contributed by atoms with Crippen LogP contribution in [0, 0.1) is 11.6 Å². The number of aromatic amines is 1. The Morgan fingerprint density at radius 2 is 2.00 bits per heavy atom. The number of hydrogen-bond acceptors (Lipinski definition) is 5. The van der Waals surface area contributed by atoms with Crippen molar-refractivity contribution >= 4 is 0 Å². The highest BCUT2D eigenvalue weighted by atomic mass is 19.1. The predicted molar refractivity (Wildman–Crippen MR) is 94.9 cm³/mol. The van der Waals surface area contributed by atoms with Crippen molar-refractivity contribution in [3.63, 3.8) is 0 Å². The minimum atomic E-state index is -0.462. The van der Waals surface area contributed by atoms with E-state index in [1.54, 1.807) is 12.4 Å². The van der Waals surface area contributed by atoms with Crippen molar-refractivity contribution in [2.75, 3.05) is 13.1 Å². The predicted octanol–water partition coefficient (Wildman–Crippen LogP) is 2.11. The van der Waals surface area contributed by atoms with Gasteiger partial charge in [-0.1, -0.05) is 0 Å². The van der Waals surface area contributed by atoms with Crippen LogP contribution < -0.4 is 5.56 Å². The van der Waals surface area contributed by atoms with E-state index in [0.717, 1.165) is 12.1 Å². The Morgan fingerprint density at radius 3 is 2.81 bits per heavy atom. The second-order valence-electron chi connectivity index (χ2n) is 6.44. The first-order valence-electron chi connectivity index (χ1n) is 8.65. The molecule has 0 aliphatic carbocycles. The lowest BCUT2D eigenvalue weighted by Crippen LogP contribution is -2.26. The topological polar surface area (TPSA) is 74.8 Å². The molecule has 6 nitrogen and oxygen atoms in total. The summed E-state index contributed by atoms with van der Waals surface area (Å²) in [4.78, 5) is 30.0. The number of H-pyrrole nitrogens is 1. The van der Waals surface area contributed by atoms with Crippen molar-refractivity contribution in [3.05, 3.63) is 75.6 Å². The van der Waals surface area contributed by atoms with Crippen LogP contribution in [0.3, 0.4) is 0 Å². The van der Waals surface area contributed by atoms with E-state index in [2.05, 4.69) is 19.9 Å². The van der Waals surface area contributed by atoms with Gasteiger partial charge in [-0.15, -0.1) is 0 Å². The third-order valence-electron chi connectivity index (χ3n) is 4.65.